The van der Waals surface area contributed by atoms with Crippen LogP contribution in [-0.2, 0) is 11.2 Å². The second-order valence-electron chi connectivity index (χ2n) is 3.66. The molecule has 0 spiro atoms. The van der Waals surface area contributed by atoms with Gasteiger partial charge in [-0.25, -0.2) is 0 Å². The van der Waals surface area contributed by atoms with E-state index >= 15 is 0 Å². The van der Waals surface area contributed by atoms with Crippen LogP contribution >= 0.6 is 0 Å². The molecular formula is C9H14N2O3. The Balaban J connectivity index is 1.95. The Kier molecular flexibility index (Phi) is 2.79. The van der Waals surface area contributed by atoms with Gasteiger partial charge < -0.3 is 14.4 Å². The minimum absolute atomic E-state index is 0.291. The molecule has 1 aromatic rings. The Labute approximate surface area is 82.1 Å². The fraction of sp³-hybridized carbons (Fsp3) is 0.778. The van der Waals surface area contributed by atoms with E-state index < -0.39 is 6.10 Å². The number of hydrogen-bond donors (Lipinski definition) is 1. The molecule has 0 bridgehead atoms. The van der Waals surface area contributed by atoms with Crippen molar-refractivity contribution in [1.82, 2.24) is 10.1 Å². The van der Waals surface area contributed by atoms with E-state index in [1.165, 1.54) is 0 Å². The maximum Gasteiger partial charge on any atom is 0.255 e. The highest BCUT2D eigenvalue weighted by molar-refractivity contribution is 4.90. The molecule has 1 N–H and O–H groups in total. The maximum atomic E-state index is 9.18. The Morgan fingerprint density at radius 2 is 2.50 bits per heavy atom. The molecule has 5 nitrogen and oxygen atoms in total. The van der Waals surface area contributed by atoms with Crippen LogP contribution in [0.1, 0.15) is 31.2 Å². The van der Waals surface area contributed by atoms with Crippen molar-refractivity contribution in [2.45, 2.75) is 25.9 Å². The molecule has 2 rings (SSSR count). The zero-order chi connectivity index (χ0) is 9.97. The fourth-order valence-electron chi connectivity index (χ4n) is 1.52. The van der Waals surface area contributed by atoms with Gasteiger partial charge in [-0.2, -0.15) is 4.98 Å². The van der Waals surface area contributed by atoms with E-state index in [1.807, 2.05) is 0 Å². The first kappa shape index (κ1) is 9.61. The third-order valence-electron chi connectivity index (χ3n) is 2.34. The summed E-state index contributed by atoms with van der Waals surface area (Å²) >= 11 is 0. The molecule has 2 unspecified atom stereocenters. The lowest BCUT2D eigenvalue weighted by molar-refractivity contribution is 0.151. The molecule has 2 heterocycles. The van der Waals surface area contributed by atoms with Crippen LogP contribution in [-0.4, -0.2) is 28.5 Å². The average Bonchev–Trinajstić information content (AvgIpc) is 2.75. The molecule has 78 valence electrons. The molecule has 14 heavy (non-hydrogen) atoms. The minimum Gasteiger partial charge on any atom is -0.384 e. The van der Waals surface area contributed by atoms with Crippen LogP contribution in [0.4, 0.5) is 0 Å². The summed E-state index contributed by atoms with van der Waals surface area (Å²) in [7, 11) is 0. The normalized spacial score (nSPS) is 24.0. The first-order valence-electron chi connectivity index (χ1n) is 4.84. The molecule has 1 fully saturated rings. The van der Waals surface area contributed by atoms with Crippen LogP contribution in [0.3, 0.4) is 0 Å². The number of nitrogens with zero attached hydrogens (tertiary/aromatic N) is 2. The average molecular weight is 198 g/mol. The summed E-state index contributed by atoms with van der Waals surface area (Å²) in [6.07, 6.45) is 1.14. The highest BCUT2D eigenvalue weighted by Crippen LogP contribution is 2.17. The van der Waals surface area contributed by atoms with Gasteiger partial charge in [0.2, 0.25) is 0 Å². The van der Waals surface area contributed by atoms with Gasteiger partial charge in [0.1, 0.15) is 6.10 Å². The summed E-state index contributed by atoms with van der Waals surface area (Å²) in [6, 6.07) is 0. The van der Waals surface area contributed by atoms with Gasteiger partial charge in [-0.1, -0.05) is 5.16 Å². The van der Waals surface area contributed by atoms with Crippen LogP contribution in [0, 0.1) is 5.92 Å². The van der Waals surface area contributed by atoms with E-state index in [9.17, 15) is 5.11 Å². The van der Waals surface area contributed by atoms with Crippen molar-refractivity contribution in [3.8, 4) is 0 Å². The number of aliphatic hydroxyl groups excluding tert-OH is 1. The van der Waals surface area contributed by atoms with Crippen molar-refractivity contribution in [3.05, 3.63) is 11.7 Å². The Morgan fingerprint density at radius 3 is 3.07 bits per heavy atom. The standard InChI is InChI=1S/C9H14N2O3/c1-6(12)9-10-8(11-14-9)4-7-2-3-13-5-7/h6-7,12H,2-5H2,1H3. The molecule has 1 aliphatic heterocycles. The van der Waals surface area contributed by atoms with Gasteiger partial charge in [0.15, 0.2) is 5.82 Å². The number of hydrogen-bond acceptors (Lipinski definition) is 5. The lowest BCUT2D eigenvalue weighted by Crippen LogP contribution is -2.05. The fourth-order valence-corrected chi connectivity index (χ4v) is 1.52. The highest BCUT2D eigenvalue weighted by atomic mass is 16.5. The molecule has 1 aliphatic rings. The molecule has 0 aliphatic carbocycles. The highest BCUT2D eigenvalue weighted by Gasteiger charge is 2.19. The van der Waals surface area contributed by atoms with Crippen LogP contribution in [0.25, 0.3) is 0 Å². The van der Waals surface area contributed by atoms with E-state index in [-0.39, 0.29) is 0 Å². The second kappa shape index (κ2) is 4.06. The first-order valence-corrected chi connectivity index (χ1v) is 4.84. The Hall–Kier alpha value is -0.940. The van der Waals surface area contributed by atoms with Crippen molar-refractivity contribution in [2.24, 2.45) is 5.92 Å². The molecule has 0 amide bonds. The maximum absolute atomic E-state index is 9.18. The molecule has 1 saturated heterocycles. The molecule has 0 radical (unpaired) electrons. The quantitative estimate of drug-likeness (QED) is 0.774. The SMILES string of the molecule is CC(O)c1nc(CC2CCOC2)no1. The van der Waals surface area contributed by atoms with Crippen molar-refractivity contribution in [2.75, 3.05) is 13.2 Å². The monoisotopic (exact) mass is 198 g/mol. The Bertz CT molecular complexity index is 292. The van der Waals surface area contributed by atoms with E-state index in [4.69, 9.17) is 9.26 Å². The molecule has 0 saturated carbocycles. The summed E-state index contributed by atoms with van der Waals surface area (Å²) in [4.78, 5) is 4.09. The van der Waals surface area contributed by atoms with Crippen LogP contribution < -0.4 is 0 Å². The first-order chi connectivity index (χ1) is 6.75. The Morgan fingerprint density at radius 1 is 1.64 bits per heavy atom. The van der Waals surface area contributed by atoms with Gasteiger partial charge in [0.05, 0.1) is 0 Å². The van der Waals surface area contributed by atoms with Crippen molar-refractivity contribution < 1.29 is 14.4 Å². The van der Waals surface area contributed by atoms with Crippen LogP contribution in [0.2, 0.25) is 0 Å². The molecule has 5 heteroatoms. The summed E-state index contributed by atoms with van der Waals surface area (Å²) < 4.78 is 10.1. The van der Waals surface area contributed by atoms with E-state index in [0.29, 0.717) is 17.6 Å². The van der Waals surface area contributed by atoms with Crippen molar-refractivity contribution in [3.63, 3.8) is 0 Å². The van der Waals surface area contributed by atoms with Gasteiger partial charge in [-0.15, -0.1) is 0 Å². The van der Waals surface area contributed by atoms with E-state index in [2.05, 4.69) is 10.1 Å². The molecule has 1 aromatic heterocycles. The molecular weight excluding hydrogens is 184 g/mol. The zero-order valence-electron chi connectivity index (χ0n) is 8.14. The molecule has 0 aromatic carbocycles. The van der Waals surface area contributed by atoms with Gasteiger partial charge >= 0.3 is 0 Å². The lowest BCUT2D eigenvalue weighted by atomic mass is 10.1. The van der Waals surface area contributed by atoms with Crippen LogP contribution in [0.5, 0.6) is 0 Å². The number of aliphatic hydroxyl groups is 1. The summed E-state index contributed by atoms with van der Waals surface area (Å²) in [6.45, 7) is 3.21. The van der Waals surface area contributed by atoms with E-state index in [0.717, 1.165) is 26.1 Å². The van der Waals surface area contributed by atoms with Gasteiger partial charge in [-0.3, -0.25) is 0 Å². The summed E-state index contributed by atoms with van der Waals surface area (Å²) in [5.74, 6) is 1.45. The van der Waals surface area contributed by atoms with Crippen molar-refractivity contribution in [1.29, 1.82) is 0 Å². The predicted molar refractivity (Wildman–Crippen MR) is 47.6 cm³/mol. The van der Waals surface area contributed by atoms with Crippen LogP contribution in [0.15, 0.2) is 4.52 Å². The van der Waals surface area contributed by atoms with E-state index in [1.54, 1.807) is 6.92 Å². The smallest absolute Gasteiger partial charge is 0.255 e. The summed E-state index contributed by atoms with van der Waals surface area (Å²) in [5, 5.41) is 13.0. The lowest BCUT2D eigenvalue weighted by Gasteiger charge is -2.01. The second-order valence-corrected chi connectivity index (χ2v) is 3.66. The topological polar surface area (TPSA) is 68.4 Å². The minimum atomic E-state index is -0.684. The number of ether oxygens (including phenoxy) is 1. The predicted octanol–water partition coefficient (Wildman–Crippen LogP) is 0.702. The third-order valence-corrected chi connectivity index (χ3v) is 2.34. The van der Waals surface area contributed by atoms with Gasteiger partial charge in [0, 0.05) is 19.6 Å². The number of aromatic nitrogens is 2. The largest absolute Gasteiger partial charge is 0.384 e. The third kappa shape index (κ3) is 2.10. The van der Waals surface area contributed by atoms with Gasteiger partial charge in [0.25, 0.3) is 5.89 Å². The zero-order valence-corrected chi connectivity index (χ0v) is 8.14. The molecule has 2 atom stereocenters. The summed E-state index contributed by atoms with van der Waals surface area (Å²) in [5.41, 5.74) is 0. The van der Waals surface area contributed by atoms with Crippen molar-refractivity contribution >= 4 is 0 Å². The van der Waals surface area contributed by atoms with Gasteiger partial charge in [-0.05, 0) is 19.3 Å². The number of rotatable bonds is 3.